The van der Waals surface area contributed by atoms with Crippen LogP contribution in [0.5, 0.6) is 0 Å². The molecule has 0 spiro atoms. The summed E-state index contributed by atoms with van der Waals surface area (Å²) < 4.78 is 0. The van der Waals surface area contributed by atoms with Crippen LogP contribution in [0.4, 0.5) is 4.79 Å². The average Bonchev–Trinajstić information content (AvgIpc) is 2.83. The highest BCUT2D eigenvalue weighted by atomic mass is 16.2. The first-order valence-electron chi connectivity index (χ1n) is 7.27. The molecule has 2 saturated carbocycles. The fraction of sp³-hybridized carbons (Fsp3) is 0.929. The van der Waals surface area contributed by atoms with Gasteiger partial charge in [-0.1, -0.05) is 32.1 Å². The highest BCUT2D eigenvalue weighted by Gasteiger charge is 2.21. The van der Waals surface area contributed by atoms with E-state index in [9.17, 15) is 4.79 Å². The minimum Gasteiger partial charge on any atom is -0.335 e. The summed E-state index contributed by atoms with van der Waals surface area (Å²) in [7, 11) is 1.94. The van der Waals surface area contributed by atoms with Gasteiger partial charge in [0.05, 0.1) is 0 Å². The van der Waals surface area contributed by atoms with Crippen LogP contribution in [0, 0.1) is 5.92 Å². The van der Waals surface area contributed by atoms with Gasteiger partial charge in [-0.05, 0) is 31.6 Å². The molecular weight excluding hydrogens is 212 g/mol. The Kier molecular flexibility index (Phi) is 4.69. The lowest BCUT2D eigenvalue weighted by molar-refractivity contribution is 0.188. The number of carbonyl (C=O) groups is 1. The zero-order valence-electron chi connectivity index (χ0n) is 11.1. The largest absolute Gasteiger partial charge is 0.335 e. The Hall–Kier alpha value is -0.730. The third-order valence-electron chi connectivity index (χ3n) is 4.29. The highest BCUT2D eigenvalue weighted by Crippen LogP contribution is 2.24. The van der Waals surface area contributed by atoms with Crippen LogP contribution in [-0.4, -0.2) is 30.6 Å². The number of rotatable bonds is 3. The van der Waals surface area contributed by atoms with Crippen LogP contribution >= 0.6 is 0 Å². The quantitative estimate of drug-likeness (QED) is 0.805. The van der Waals surface area contributed by atoms with Gasteiger partial charge < -0.3 is 10.2 Å². The minimum atomic E-state index is 0.141. The number of amides is 2. The first kappa shape index (κ1) is 12.7. The number of hydrogen-bond donors (Lipinski definition) is 1. The molecule has 2 aliphatic carbocycles. The SMILES string of the molecule is CN(CC1CCCCC1)C(=O)NC1CCCC1. The number of hydrogen-bond acceptors (Lipinski definition) is 1. The van der Waals surface area contributed by atoms with Gasteiger partial charge in [0.2, 0.25) is 0 Å². The van der Waals surface area contributed by atoms with Crippen molar-refractivity contribution < 1.29 is 4.79 Å². The van der Waals surface area contributed by atoms with Crippen LogP contribution in [-0.2, 0) is 0 Å². The first-order chi connectivity index (χ1) is 8.25. The van der Waals surface area contributed by atoms with Crippen LogP contribution in [0.2, 0.25) is 0 Å². The topological polar surface area (TPSA) is 32.3 Å². The molecule has 3 heteroatoms. The monoisotopic (exact) mass is 238 g/mol. The van der Waals surface area contributed by atoms with Crippen molar-refractivity contribution in [2.24, 2.45) is 5.92 Å². The Bertz CT molecular complexity index is 243. The molecule has 0 aromatic heterocycles. The van der Waals surface area contributed by atoms with E-state index in [4.69, 9.17) is 0 Å². The molecule has 0 radical (unpaired) electrons. The maximum absolute atomic E-state index is 12.0. The van der Waals surface area contributed by atoms with Gasteiger partial charge in [-0.15, -0.1) is 0 Å². The molecule has 2 aliphatic rings. The summed E-state index contributed by atoms with van der Waals surface area (Å²) >= 11 is 0. The number of urea groups is 1. The normalized spacial score (nSPS) is 22.6. The van der Waals surface area contributed by atoms with Crippen molar-refractivity contribution in [1.82, 2.24) is 10.2 Å². The summed E-state index contributed by atoms with van der Waals surface area (Å²) in [6, 6.07) is 0.582. The second-order valence-electron chi connectivity index (χ2n) is 5.82. The molecule has 2 amide bonds. The van der Waals surface area contributed by atoms with Gasteiger partial charge in [-0.2, -0.15) is 0 Å². The molecule has 1 N–H and O–H groups in total. The van der Waals surface area contributed by atoms with Crippen molar-refractivity contribution in [3.8, 4) is 0 Å². The Balaban J connectivity index is 1.70. The van der Waals surface area contributed by atoms with Crippen LogP contribution in [0.25, 0.3) is 0 Å². The average molecular weight is 238 g/mol. The number of carbonyl (C=O) groups excluding carboxylic acids is 1. The van der Waals surface area contributed by atoms with Crippen LogP contribution in [0.15, 0.2) is 0 Å². The molecule has 2 fully saturated rings. The maximum atomic E-state index is 12.0. The molecule has 0 heterocycles. The Morgan fingerprint density at radius 1 is 1.06 bits per heavy atom. The number of nitrogens with zero attached hydrogens (tertiary/aromatic N) is 1. The maximum Gasteiger partial charge on any atom is 0.317 e. The van der Waals surface area contributed by atoms with Crippen molar-refractivity contribution in [2.75, 3.05) is 13.6 Å². The summed E-state index contributed by atoms with van der Waals surface area (Å²) in [5, 5.41) is 3.16. The molecule has 0 unspecified atom stereocenters. The van der Waals surface area contributed by atoms with E-state index in [2.05, 4.69) is 5.32 Å². The molecule has 0 saturated heterocycles. The van der Waals surface area contributed by atoms with Crippen molar-refractivity contribution >= 4 is 6.03 Å². The second-order valence-corrected chi connectivity index (χ2v) is 5.82. The molecule has 17 heavy (non-hydrogen) atoms. The molecule has 0 aliphatic heterocycles. The molecule has 0 aromatic carbocycles. The van der Waals surface area contributed by atoms with E-state index in [0.717, 1.165) is 12.5 Å². The lowest BCUT2D eigenvalue weighted by atomic mass is 9.89. The molecule has 2 rings (SSSR count). The van der Waals surface area contributed by atoms with Gasteiger partial charge in [0.15, 0.2) is 0 Å². The highest BCUT2D eigenvalue weighted by molar-refractivity contribution is 5.74. The zero-order chi connectivity index (χ0) is 12.1. The van der Waals surface area contributed by atoms with Gasteiger partial charge >= 0.3 is 6.03 Å². The van der Waals surface area contributed by atoms with Gasteiger partial charge in [-0.3, -0.25) is 0 Å². The van der Waals surface area contributed by atoms with Crippen molar-refractivity contribution in [1.29, 1.82) is 0 Å². The van der Waals surface area contributed by atoms with E-state index in [1.165, 1.54) is 57.8 Å². The van der Waals surface area contributed by atoms with E-state index in [1.54, 1.807) is 0 Å². The molecule has 0 atom stereocenters. The van der Waals surface area contributed by atoms with Gasteiger partial charge in [0.25, 0.3) is 0 Å². The lowest BCUT2D eigenvalue weighted by Crippen LogP contribution is -2.44. The minimum absolute atomic E-state index is 0.141. The fourth-order valence-corrected chi connectivity index (χ4v) is 3.19. The lowest BCUT2D eigenvalue weighted by Gasteiger charge is -2.28. The standard InChI is InChI=1S/C14H26N2O/c1-16(11-12-7-3-2-4-8-12)14(17)15-13-9-5-6-10-13/h12-13H,2-11H2,1H3,(H,15,17). The third-order valence-corrected chi connectivity index (χ3v) is 4.29. The van der Waals surface area contributed by atoms with Gasteiger partial charge in [0.1, 0.15) is 0 Å². The smallest absolute Gasteiger partial charge is 0.317 e. The summed E-state index contributed by atoms with van der Waals surface area (Å²) in [5.74, 6) is 0.739. The van der Waals surface area contributed by atoms with E-state index >= 15 is 0 Å². The van der Waals surface area contributed by atoms with E-state index in [1.807, 2.05) is 11.9 Å². The van der Waals surface area contributed by atoms with Gasteiger partial charge in [-0.25, -0.2) is 4.79 Å². The van der Waals surface area contributed by atoms with E-state index < -0.39 is 0 Å². The molecule has 3 nitrogen and oxygen atoms in total. The Morgan fingerprint density at radius 2 is 1.65 bits per heavy atom. The Morgan fingerprint density at radius 3 is 2.29 bits per heavy atom. The first-order valence-corrected chi connectivity index (χ1v) is 7.27. The third kappa shape index (κ3) is 3.90. The molecule has 98 valence electrons. The van der Waals surface area contributed by atoms with Gasteiger partial charge in [0, 0.05) is 19.6 Å². The Labute approximate surface area is 105 Å². The summed E-state index contributed by atoms with van der Waals surface area (Å²) in [4.78, 5) is 13.9. The number of nitrogens with one attached hydrogen (secondary N) is 1. The molecule has 0 aromatic rings. The van der Waals surface area contributed by atoms with Crippen LogP contribution in [0.1, 0.15) is 57.8 Å². The zero-order valence-corrected chi connectivity index (χ0v) is 11.1. The van der Waals surface area contributed by atoms with Crippen LogP contribution < -0.4 is 5.32 Å². The van der Waals surface area contributed by atoms with Crippen molar-refractivity contribution in [3.63, 3.8) is 0 Å². The predicted octanol–water partition coefficient (Wildman–Crippen LogP) is 3.15. The summed E-state index contributed by atoms with van der Waals surface area (Å²) in [5.41, 5.74) is 0. The molecule has 0 bridgehead atoms. The summed E-state index contributed by atoms with van der Waals surface area (Å²) in [6.07, 6.45) is 11.6. The summed E-state index contributed by atoms with van der Waals surface area (Å²) in [6.45, 7) is 0.943. The molecular formula is C14H26N2O. The van der Waals surface area contributed by atoms with Crippen LogP contribution in [0.3, 0.4) is 0 Å². The predicted molar refractivity (Wildman–Crippen MR) is 70.0 cm³/mol. The fourth-order valence-electron chi connectivity index (χ4n) is 3.19. The second kappa shape index (κ2) is 6.27. The van der Waals surface area contributed by atoms with E-state index in [0.29, 0.717) is 6.04 Å². The van der Waals surface area contributed by atoms with Crippen molar-refractivity contribution in [2.45, 2.75) is 63.8 Å². The van der Waals surface area contributed by atoms with E-state index in [-0.39, 0.29) is 6.03 Å². The van der Waals surface area contributed by atoms with Crippen molar-refractivity contribution in [3.05, 3.63) is 0 Å².